The number of ether oxygens (including phenoxy) is 2. The summed E-state index contributed by atoms with van der Waals surface area (Å²) in [5.41, 5.74) is 4.88. The predicted octanol–water partition coefficient (Wildman–Crippen LogP) is 3.54. The standard InChI is InChI=1S/C29H31ClN4O6S/c1-21-3-11-26(12-4-21)41(37,38)34(27-17-24(30)8-5-22(27)2)19-28(35)32-31-18-23-6-9-25(10-7-23)40-20-29(36)33-13-15-39-16-14-33/h3-12,17-18H,13-16,19-20H2,1-2H3,(H,32,35)/b31-18-. The second kappa shape index (κ2) is 13.6. The van der Waals surface area contributed by atoms with Gasteiger partial charge in [0.1, 0.15) is 12.3 Å². The number of nitrogens with one attached hydrogen (secondary N) is 1. The molecular weight excluding hydrogens is 568 g/mol. The molecule has 1 heterocycles. The fraction of sp³-hybridized carbons (Fsp3) is 0.276. The topological polar surface area (TPSA) is 118 Å². The average Bonchev–Trinajstić information content (AvgIpc) is 2.97. The quantitative estimate of drug-likeness (QED) is 0.282. The van der Waals surface area contributed by atoms with Crippen LogP contribution in [0.15, 0.2) is 76.7 Å². The number of nitrogens with zero attached hydrogens (tertiary/aromatic N) is 3. The van der Waals surface area contributed by atoms with Gasteiger partial charge in [-0.3, -0.25) is 13.9 Å². The lowest BCUT2D eigenvalue weighted by Crippen LogP contribution is -2.42. The molecule has 4 rings (SSSR count). The van der Waals surface area contributed by atoms with E-state index in [1.165, 1.54) is 24.4 Å². The van der Waals surface area contributed by atoms with E-state index in [1.54, 1.807) is 60.4 Å². The van der Waals surface area contributed by atoms with Crippen molar-refractivity contribution in [2.75, 3.05) is 43.8 Å². The van der Waals surface area contributed by atoms with Gasteiger partial charge in [-0.1, -0.05) is 35.4 Å². The molecule has 10 nitrogen and oxygen atoms in total. The molecule has 1 fully saturated rings. The van der Waals surface area contributed by atoms with Crippen LogP contribution in [0.2, 0.25) is 5.02 Å². The number of amides is 2. The molecule has 0 unspecified atom stereocenters. The maximum Gasteiger partial charge on any atom is 0.264 e. The molecule has 0 aliphatic carbocycles. The van der Waals surface area contributed by atoms with E-state index in [1.807, 2.05) is 6.92 Å². The molecule has 12 heteroatoms. The van der Waals surface area contributed by atoms with Crippen LogP contribution < -0.4 is 14.5 Å². The van der Waals surface area contributed by atoms with Gasteiger partial charge in [-0.05, 0) is 73.5 Å². The van der Waals surface area contributed by atoms with Crippen LogP contribution in [-0.2, 0) is 24.3 Å². The molecule has 0 bridgehead atoms. The molecule has 1 aliphatic rings. The van der Waals surface area contributed by atoms with Gasteiger partial charge in [0.05, 0.1) is 30.0 Å². The molecule has 41 heavy (non-hydrogen) atoms. The van der Waals surface area contributed by atoms with Crippen LogP contribution in [0, 0.1) is 13.8 Å². The van der Waals surface area contributed by atoms with E-state index in [-0.39, 0.29) is 17.4 Å². The molecule has 0 radical (unpaired) electrons. The van der Waals surface area contributed by atoms with Gasteiger partial charge in [0, 0.05) is 18.1 Å². The molecule has 1 N–H and O–H groups in total. The van der Waals surface area contributed by atoms with E-state index >= 15 is 0 Å². The number of benzene rings is 3. The van der Waals surface area contributed by atoms with Crippen molar-refractivity contribution < 1.29 is 27.5 Å². The molecule has 216 valence electrons. The first-order valence-corrected chi connectivity index (χ1v) is 14.7. The average molecular weight is 599 g/mol. The minimum absolute atomic E-state index is 0.0488. The Morgan fingerprint density at radius 2 is 1.73 bits per heavy atom. The summed E-state index contributed by atoms with van der Waals surface area (Å²) >= 11 is 6.17. The molecule has 3 aromatic rings. The molecule has 1 aliphatic heterocycles. The van der Waals surface area contributed by atoms with Gasteiger partial charge < -0.3 is 14.4 Å². The van der Waals surface area contributed by atoms with Crippen LogP contribution in [0.5, 0.6) is 5.75 Å². The minimum Gasteiger partial charge on any atom is -0.484 e. The van der Waals surface area contributed by atoms with Crippen molar-refractivity contribution in [2.24, 2.45) is 5.10 Å². The lowest BCUT2D eigenvalue weighted by Gasteiger charge is -2.26. The first-order valence-electron chi connectivity index (χ1n) is 12.9. The summed E-state index contributed by atoms with van der Waals surface area (Å²) in [6, 6.07) is 18.0. The number of hydrogen-bond acceptors (Lipinski definition) is 7. The zero-order chi connectivity index (χ0) is 29.4. The van der Waals surface area contributed by atoms with Gasteiger partial charge in [0.15, 0.2) is 6.61 Å². The highest BCUT2D eigenvalue weighted by Gasteiger charge is 2.28. The Morgan fingerprint density at radius 1 is 1.05 bits per heavy atom. The molecule has 2 amide bonds. The van der Waals surface area contributed by atoms with Gasteiger partial charge >= 0.3 is 0 Å². The number of sulfonamides is 1. The van der Waals surface area contributed by atoms with Crippen molar-refractivity contribution in [2.45, 2.75) is 18.7 Å². The van der Waals surface area contributed by atoms with Crippen molar-refractivity contribution in [1.29, 1.82) is 0 Å². The first kappa shape index (κ1) is 30.0. The largest absolute Gasteiger partial charge is 0.484 e. The highest BCUT2D eigenvalue weighted by molar-refractivity contribution is 7.92. The van der Waals surface area contributed by atoms with Crippen LogP contribution in [0.25, 0.3) is 0 Å². The second-order valence-electron chi connectivity index (χ2n) is 9.40. The lowest BCUT2D eigenvalue weighted by molar-refractivity contribution is -0.137. The summed E-state index contributed by atoms with van der Waals surface area (Å²) in [5.74, 6) is -0.229. The molecule has 0 atom stereocenters. The Bertz CT molecular complexity index is 1510. The van der Waals surface area contributed by atoms with E-state index in [2.05, 4.69) is 10.5 Å². The van der Waals surface area contributed by atoms with Crippen LogP contribution in [0.3, 0.4) is 0 Å². The molecule has 0 saturated carbocycles. The number of aryl methyl sites for hydroxylation is 2. The van der Waals surface area contributed by atoms with Crippen LogP contribution >= 0.6 is 11.6 Å². The number of rotatable bonds is 10. The van der Waals surface area contributed by atoms with Crippen molar-refractivity contribution >= 4 is 45.3 Å². The van der Waals surface area contributed by atoms with Gasteiger partial charge in [-0.2, -0.15) is 5.10 Å². The van der Waals surface area contributed by atoms with E-state index < -0.39 is 22.5 Å². The molecule has 3 aromatic carbocycles. The molecule has 1 saturated heterocycles. The smallest absolute Gasteiger partial charge is 0.264 e. The maximum atomic E-state index is 13.6. The van der Waals surface area contributed by atoms with E-state index in [4.69, 9.17) is 21.1 Å². The number of halogens is 1. The van der Waals surface area contributed by atoms with Gasteiger partial charge in [0.25, 0.3) is 21.8 Å². The summed E-state index contributed by atoms with van der Waals surface area (Å²) in [4.78, 5) is 26.8. The Morgan fingerprint density at radius 3 is 2.41 bits per heavy atom. The van der Waals surface area contributed by atoms with Gasteiger partial charge in [-0.15, -0.1) is 0 Å². The number of morpholine rings is 1. The SMILES string of the molecule is Cc1ccc(S(=O)(=O)N(CC(=O)N/N=C\c2ccc(OCC(=O)N3CCOCC3)cc2)c2cc(Cl)ccc2C)cc1. The van der Waals surface area contributed by atoms with Crippen LogP contribution in [-0.4, -0.2) is 70.8 Å². The third-order valence-corrected chi connectivity index (χ3v) is 8.35. The van der Waals surface area contributed by atoms with Crippen molar-refractivity contribution in [3.63, 3.8) is 0 Å². The summed E-state index contributed by atoms with van der Waals surface area (Å²) in [6.45, 7) is 5.17. The number of hydrazone groups is 1. The third-order valence-electron chi connectivity index (χ3n) is 6.35. The summed E-state index contributed by atoms with van der Waals surface area (Å²) < 4.78 is 39.0. The van der Waals surface area contributed by atoms with E-state index in [0.29, 0.717) is 53.9 Å². The summed E-state index contributed by atoms with van der Waals surface area (Å²) in [6.07, 6.45) is 1.42. The first-order chi connectivity index (χ1) is 19.6. The van der Waals surface area contributed by atoms with Crippen LogP contribution in [0.4, 0.5) is 5.69 Å². The fourth-order valence-corrected chi connectivity index (χ4v) is 5.68. The Balaban J connectivity index is 1.39. The monoisotopic (exact) mass is 598 g/mol. The Hall–Kier alpha value is -3.93. The summed E-state index contributed by atoms with van der Waals surface area (Å²) in [7, 11) is -4.09. The Labute approximate surface area is 244 Å². The molecular formula is C29H31ClN4O6S. The van der Waals surface area contributed by atoms with E-state index in [0.717, 1.165) is 9.87 Å². The van der Waals surface area contributed by atoms with Crippen molar-refractivity contribution in [3.8, 4) is 5.75 Å². The second-order valence-corrected chi connectivity index (χ2v) is 11.7. The lowest BCUT2D eigenvalue weighted by atomic mass is 10.2. The number of hydrogen-bond donors (Lipinski definition) is 1. The van der Waals surface area contributed by atoms with Gasteiger partial charge in [-0.25, -0.2) is 13.8 Å². The van der Waals surface area contributed by atoms with Crippen molar-refractivity contribution in [1.82, 2.24) is 10.3 Å². The van der Waals surface area contributed by atoms with E-state index in [9.17, 15) is 18.0 Å². The molecule has 0 aromatic heterocycles. The summed E-state index contributed by atoms with van der Waals surface area (Å²) in [5, 5.41) is 4.31. The minimum atomic E-state index is -4.09. The Kier molecular flexibility index (Phi) is 9.98. The third kappa shape index (κ3) is 8.06. The van der Waals surface area contributed by atoms with Crippen LogP contribution in [0.1, 0.15) is 16.7 Å². The maximum absolute atomic E-state index is 13.6. The van der Waals surface area contributed by atoms with Gasteiger partial charge in [0.2, 0.25) is 0 Å². The zero-order valence-electron chi connectivity index (χ0n) is 22.7. The predicted molar refractivity (Wildman–Crippen MR) is 157 cm³/mol. The molecule has 0 spiro atoms. The highest BCUT2D eigenvalue weighted by atomic mass is 35.5. The zero-order valence-corrected chi connectivity index (χ0v) is 24.3. The number of carbonyl (C=O) groups excluding carboxylic acids is 2. The number of carbonyl (C=O) groups is 2. The highest BCUT2D eigenvalue weighted by Crippen LogP contribution is 2.29. The number of anilines is 1. The van der Waals surface area contributed by atoms with Crippen molar-refractivity contribution in [3.05, 3.63) is 88.4 Å². The fourth-order valence-electron chi connectivity index (χ4n) is 4.03. The normalized spacial score (nSPS) is 13.7.